The van der Waals surface area contributed by atoms with E-state index in [4.69, 9.17) is 23.2 Å². The summed E-state index contributed by atoms with van der Waals surface area (Å²) in [6, 6.07) is 7.50. The molecule has 0 spiro atoms. The van der Waals surface area contributed by atoms with Gasteiger partial charge in [0.2, 0.25) is 5.91 Å². The Hall–Kier alpha value is -1.63. The Morgan fingerprint density at radius 2 is 1.88 bits per heavy atom. The number of nitrogens with zero attached hydrogens (tertiary/aromatic N) is 3. The van der Waals surface area contributed by atoms with E-state index in [2.05, 4.69) is 5.10 Å². The van der Waals surface area contributed by atoms with Gasteiger partial charge in [0, 0.05) is 52.1 Å². The predicted octanol–water partition coefficient (Wildman–Crippen LogP) is 3.15. The van der Waals surface area contributed by atoms with Gasteiger partial charge in [0.05, 0.1) is 12.2 Å². The van der Waals surface area contributed by atoms with Gasteiger partial charge in [-0.2, -0.15) is 5.10 Å². The number of carbonyl (C=O) groups excluding carboxylic acids is 1. The molecule has 3 rings (SSSR count). The third kappa shape index (κ3) is 4.55. The predicted molar refractivity (Wildman–Crippen MR) is 106 cm³/mol. The summed E-state index contributed by atoms with van der Waals surface area (Å²) in [5, 5.41) is 5.63. The molecule has 1 aliphatic rings. The molecule has 1 amide bonds. The quantitative estimate of drug-likeness (QED) is 0.725. The lowest BCUT2D eigenvalue weighted by Gasteiger charge is -2.24. The fraction of sp³-hybridized carbons (Fsp3) is 0.333. The normalized spacial score (nSPS) is 15.7. The van der Waals surface area contributed by atoms with Crippen LogP contribution in [-0.4, -0.2) is 49.4 Å². The van der Waals surface area contributed by atoms with Gasteiger partial charge in [-0.3, -0.25) is 9.00 Å². The summed E-state index contributed by atoms with van der Waals surface area (Å²) in [5.41, 5.74) is 2.52. The SMILES string of the molecule is Cc1nn(Cc2ccc(Cl)cc2)c(Cl)c1/C=C/C(=O)N1CCS(=O)CC1. The highest BCUT2D eigenvalue weighted by Crippen LogP contribution is 2.23. The highest BCUT2D eigenvalue weighted by Gasteiger charge is 2.18. The van der Waals surface area contributed by atoms with Crippen LogP contribution < -0.4 is 0 Å². The van der Waals surface area contributed by atoms with Crippen LogP contribution in [0.4, 0.5) is 0 Å². The molecule has 2 heterocycles. The first-order valence-electron chi connectivity index (χ1n) is 8.23. The highest BCUT2D eigenvalue weighted by molar-refractivity contribution is 7.85. The van der Waals surface area contributed by atoms with Crippen molar-refractivity contribution in [3.8, 4) is 0 Å². The van der Waals surface area contributed by atoms with Gasteiger partial charge in [0.1, 0.15) is 5.15 Å². The maximum absolute atomic E-state index is 12.3. The molecule has 2 aromatic rings. The molecule has 8 heteroatoms. The number of aryl methyl sites for hydroxylation is 1. The number of carbonyl (C=O) groups is 1. The van der Waals surface area contributed by atoms with Crippen LogP contribution >= 0.6 is 23.2 Å². The van der Waals surface area contributed by atoms with E-state index in [9.17, 15) is 9.00 Å². The molecule has 0 unspecified atom stereocenters. The van der Waals surface area contributed by atoms with Crippen molar-refractivity contribution in [2.24, 2.45) is 0 Å². The maximum atomic E-state index is 12.3. The molecule has 0 radical (unpaired) electrons. The van der Waals surface area contributed by atoms with E-state index >= 15 is 0 Å². The Kier molecular flexibility index (Phi) is 6.16. The van der Waals surface area contributed by atoms with Crippen LogP contribution in [0, 0.1) is 6.92 Å². The van der Waals surface area contributed by atoms with E-state index in [1.54, 1.807) is 15.7 Å². The third-order valence-electron chi connectivity index (χ3n) is 4.24. The minimum absolute atomic E-state index is 0.0948. The van der Waals surface area contributed by atoms with E-state index in [1.165, 1.54) is 6.08 Å². The molecule has 1 aromatic heterocycles. The summed E-state index contributed by atoms with van der Waals surface area (Å²) in [6.07, 6.45) is 3.22. The van der Waals surface area contributed by atoms with Gasteiger partial charge in [-0.15, -0.1) is 0 Å². The number of hydrogen-bond acceptors (Lipinski definition) is 3. The molecule has 0 bridgehead atoms. The second-order valence-corrected chi connectivity index (χ2v) is 8.57. The van der Waals surface area contributed by atoms with Crippen molar-refractivity contribution < 1.29 is 9.00 Å². The molecule has 1 aliphatic heterocycles. The highest BCUT2D eigenvalue weighted by atomic mass is 35.5. The molecule has 0 saturated carbocycles. The van der Waals surface area contributed by atoms with Gasteiger partial charge in [-0.25, -0.2) is 4.68 Å². The van der Waals surface area contributed by atoms with Crippen LogP contribution in [0.15, 0.2) is 30.3 Å². The Bertz CT molecular complexity index is 852. The largest absolute Gasteiger partial charge is 0.337 e. The average Bonchev–Trinajstić information content (AvgIpc) is 2.89. The summed E-state index contributed by atoms with van der Waals surface area (Å²) in [7, 11) is -0.803. The molecule has 138 valence electrons. The van der Waals surface area contributed by atoms with E-state index in [-0.39, 0.29) is 5.91 Å². The van der Waals surface area contributed by atoms with Crippen LogP contribution in [0.25, 0.3) is 6.08 Å². The van der Waals surface area contributed by atoms with Gasteiger partial charge in [-0.05, 0) is 30.7 Å². The first-order valence-corrected chi connectivity index (χ1v) is 10.5. The Labute approximate surface area is 165 Å². The van der Waals surface area contributed by atoms with Crippen LogP contribution in [0.1, 0.15) is 16.8 Å². The lowest BCUT2D eigenvalue weighted by Crippen LogP contribution is -2.40. The first kappa shape index (κ1) is 19.1. The van der Waals surface area contributed by atoms with E-state index in [1.807, 2.05) is 31.2 Å². The number of benzene rings is 1. The number of hydrogen-bond donors (Lipinski definition) is 0. The van der Waals surface area contributed by atoms with Crippen molar-refractivity contribution in [3.05, 3.63) is 57.3 Å². The number of rotatable bonds is 4. The van der Waals surface area contributed by atoms with Crippen LogP contribution in [0.5, 0.6) is 0 Å². The lowest BCUT2D eigenvalue weighted by atomic mass is 10.2. The summed E-state index contributed by atoms with van der Waals surface area (Å²) in [4.78, 5) is 14.0. The molecule has 1 saturated heterocycles. The van der Waals surface area contributed by atoms with Crippen LogP contribution in [-0.2, 0) is 22.1 Å². The molecule has 1 aromatic carbocycles. The van der Waals surface area contributed by atoms with Crippen LogP contribution in [0.3, 0.4) is 0 Å². The van der Waals surface area contributed by atoms with Gasteiger partial charge in [0.25, 0.3) is 0 Å². The minimum Gasteiger partial charge on any atom is -0.337 e. The minimum atomic E-state index is -0.803. The summed E-state index contributed by atoms with van der Waals surface area (Å²) in [6.45, 7) is 3.44. The van der Waals surface area contributed by atoms with Crippen molar-refractivity contribution in [2.45, 2.75) is 13.5 Å². The van der Waals surface area contributed by atoms with Crippen molar-refractivity contribution in [1.82, 2.24) is 14.7 Å². The topological polar surface area (TPSA) is 55.2 Å². The van der Waals surface area contributed by atoms with Gasteiger partial charge in [-0.1, -0.05) is 35.3 Å². The molecular formula is C18H19Cl2N3O2S. The second kappa shape index (κ2) is 8.37. The number of halogens is 2. The Morgan fingerprint density at radius 1 is 1.23 bits per heavy atom. The Balaban J connectivity index is 1.72. The van der Waals surface area contributed by atoms with Crippen molar-refractivity contribution in [3.63, 3.8) is 0 Å². The van der Waals surface area contributed by atoms with Gasteiger partial charge < -0.3 is 4.90 Å². The Morgan fingerprint density at radius 3 is 2.54 bits per heavy atom. The molecule has 5 nitrogen and oxygen atoms in total. The lowest BCUT2D eigenvalue weighted by molar-refractivity contribution is -0.125. The van der Waals surface area contributed by atoms with Gasteiger partial charge in [0.15, 0.2) is 0 Å². The fourth-order valence-electron chi connectivity index (χ4n) is 2.74. The van der Waals surface area contributed by atoms with E-state index in [0.717, 1.165) is 16.8 Å². The van der Waals surface area contributed by atoms with Crippen molar-refractivity contribution in [2.75, 3.05) is 24.6 Å². The molecule has 26 heavy (non-hydrogen) atoms. The maximum Gasteiger partial charge on any atom is 0.246 e. The first-order chi connectivity index (χ1) is 12.4. The molecule has 1 fully saturated rings. The molecular weight excluding hydrogens is 393 g/mol. The fourth-order valence-corrected chi connectivity index (χ4v) is 4.22. The van der Waals surface area contributed by atoms with E-state index in [0.29, 0.717) is 41.3 Å². The zero-order valence-corrected chi connectivity index (χ0v) is 16.7. The molecule has 0 aliphatic carbocycles. The summed E-state index contributed by atoms with van der Waals surface area (Å²) in [5.74, 6) is 0.985. The zero-order chi connectivity index (χ0) is 18.7. The average molecular weight is 412 g/mol. The summed E-state index contributed by atoms with van der Waals surface area (Å²) >= 11 is 12.4. The summed E-state index contributed by atoms with van der Waals surface area (Å²) < 4.78 is 13.1. The second-order valence-electron chi connectivity index (χ2n) is 6.08. The third-order valence-corrected chi connectivity index (χ3v) is 6.16. The van der Waals surface area contributed by atoms with E-state index < -0.39 is 10.8 Å². The van der Waals surface area contributed by atoms with Crippen molar-refractivity contribution in [1.29, 1.82) is 0 Å². The van der Waals surface area contributed by atoms with Crippen molar-refractivity contribution >= 4 is 46.0 Å². The standard InChI is InChI=1S/C18H19Cl2N3O2S/c1-13-16(6-7-17(24)22-8-10-26(25)11-9-22)18(20)23(21-13)12-14-2-4-15(19)5-3-14/h2-7H,8-12H2,1H3/b7-6+. The van der Waals surface area contributed by atoms with Gasteiger partial charge >= 0.3 is 0 Å². The zero-order valence-electron chi connectivity index (χ0n) is 14.3. The monoisotopic (exact) mass is 411 g/mol. The van der Waals surface area contributed by atoms with Crippen LogP contribution in [0.2, 0.25) is 10.2 Å². The molecule has 0 atom stereocenters. The smallest absolute Gasteiger partial charge is 0.246 e. The number of aromatic nitrogens is 2. The number of amides is 1. The molecule has 0 N–H and O–H groups in total.